The van der Waals surface area contributed by atoms with Crippen LogP contribution in [0.4, 0.5) is 0 Å². The van der Waals surface area contributed by atoms with Gasteiger partial charge in [0.2, 0.25) is 0 Å². The molecular formula is C15H16O2. The van der Waals surface area contributed by atoms with Crippen LogP contribution in [0.15, 0.2) is 42.5 Å². The van der Waals surface area contributed by atoms with Crippen molar-refractivity contribution in [2.45, 2.75) is 13.0 Å². The number of benzene rings is 1. The number of hydrogen-bond donors (Lipinski definition) is 0. The van der Waals surface area contributed by atoms with Crippen LogP contribution in [0.2, 0.25) is 0 Å². The Morgan fingerprint density at radius 1 is 1.18 bits per heavy atom. The molecule has 1 unspecified atom stereocenters. The maximum Gasteiger partial charge on any atom is 0.140 e. The van der Waals surface area contributed by atoms with Crippen LogP contribution in [-0.2, 0) is 16.1 Å². The van der Waals surface area contributed by atoms with E-state index in [2.05, 4.69) is 24.3 Å². The van der Waals surface area contributed by atoms with Crippen LogP contribution < -0.4 is 0 Å². The van der Waals surface area contributed by atoms with Gasteiger partial charge in [0.25, 0.3) is 0 Å². The van der Waals surface area contributed by atoms with Crippen molar-refractivity contribution in [3.8, 4) is 0 Å². The van der Waals surface area contributed by atoms with Gasteiger partial charge in [0.15, 0.2) is 0 Å². The Morgan fingerprint density at radius 2 is 2.00 bits per heavy atom. The first kappa shape index (κ1) is 10.7. The molecule has 1 aromatic rings. The minimum absolute atomic E-state index is 0.135. The van der Waals surface area contributed by atoms with Gasteiger partial charge in [-0.2, -0.15) is 0 Å². The zero-order valence-electron chi connectivity index (χ0n) is 9.71. The summed E-state index contributed by atoms with van der Waals surface area (Å²) in [5, 5.41) is 0. The predicted octanol–water partition coefficient (Wildman–Crippen LogP) is 2.59. The summed E-state index contributed by atoms with van der Waals surface area (Å²) in [4.78, 5) is 11.6. The molecule has 2 bridgehead atoms. The molecule has 88 valence electrons. The third kappa shape index (κ3) is 2.05. The van der Waals surface area contributed by atoms with Gasteiger partial charge in [-0.25, -0.2) is 0 Å². The lowest BCUT2D eigenvalue weighted by Gasteiger charge is -2.14. The third-order valence-corrected chi connectivity index (χ3v) is 3.81. The third-order valence-electron chi connectivity index (χ3n) is 3.81. The van der Waals surface area contributed by atoms with Crippen LogP contribution in [-0.4, -0.2) is 12.4 Å². The van der Waals surface area contributed by atoms with Crippen LogP contribution in [0.25, 0.3) is 0 Å². The van der Waals surface area contributed by atoms with Gasteiger partial charge in [0.1, 0.15) is 5.78 Å². The maximum absolute atomic E-state index is 11.6. The quantitative estimate of drug-likeness (QED) is 0.740. The number of carbonyl (C=O) groups is 1. The van der Waals surface area contributed by atoms with Gasteiger partial charge in [-0.15, -0.1) is 0 Å². The van der Waals surface area contributed by atoms with Crippen molar-refractivity contribution in [1.82, 2.24) is 0 Å². The molecule has 0 aliphatic heterocycles. The molecule has 0 aromatic heterocycles. The van der Waals surface area contributed by atoms with E-state index in [0.717, 1.165) is 6.42 Å². The second-order valence-electron chi connectivity index (χ2n) is 4.91. The van der Waals surface area contributed by atoms with Gasteiger partial charge in [-0.3, -0.25) is 4.79 Å². The molecule has 1 fully saturated rings. The lowest BCUT2D eigenvalue weighted by atomic mass is 9.97. The van der Waals surface area contributed by atoms with Crippen LogP contribution in [0, 0.1) is 17.8 Å². The van der Waals surface area contributed by atoms with Gasteiger partial charge in [0, 0.05) is 18.3 Å². The average Bonchev–Trinajstić information content (AvgIpc) is 2.87. The summed E-state index contributed by atoms with van der Waals surface area (Å²) in [6.07, 6.45) is 4.97. The molecule has 2 heteroatoms. The number of rotatable bonds is 4. The number of Topliss-reactive ketones (excluding diaryl/α,β-unsaturated/α-hetero) is 1. The van der Waals surface area contributed by atoms with Crippen LogP contribution >= 0.6 is 0 Å². The first-order chi connectivity index (χ1) is 8.34. The summed E-state index contributed by atoms with van der Waals surface area (Å²) in [5.41, 5.74) is 1.19. The fourth-order valence-corrected chi connectivity index (χ4v) is 2.86. The summed E-state index contributed by atoms with van der Waals surface area (Å²) in [7, 11) is 0. The molecule has 17 heavy (non-hydrogen) atoms. The zero-order valence-corrected chi connectivity index (χ0v) is 9.71. The molecule has 3 atom stereocenters. The molecule has 2 aliphatic rings. The van der Waals surface area contributed by atoms with Crippen molar-refractivity contribution in [1.29, 1.82) is 0 Å². The molecular weight excluding hydrogens is 212 g/mol. The van der Waals surface area contributed by atoms with E-state index in [1.807, 2.05) is 18.2 Å². The number of fused-ring (bicyclic) bond motifs is 2. The Labute approximate surface area is 101 Å². The lowest BCUT2D eigenvalue weighted by Crippen LogP contribution is -2.16. The van der Waals surface area contributed by atoms with Crippen molar-refractivity contribution < 1.29 is 9.53 Å². The molecule has 2 aliphatic carbocycles. The molecule has 3 rings (SSSR count). The van der Waals surface area contributed by atoms with E-state index in [1.165, 1.54) is 5.56 Å². The summed E-state index contributed by atoms with van der Waals surface area (Å²) in [6, 6.07) is 10.2. The second-order valence-corrected chi connectivity index (χ2v) is 4.91. The molecule has 1 saturated carbocycles. The highest BCUT2D eigenvalue weighted by Gasteiger charge is 2.43. The highest BCUT2D eigenvalue weighted by molar-refractivity contribution is 5.87. The fourth-order valence-electron chi connectivity index (χ4n) is 2.86. The smallest absolute Gasteiger partial charge is 0.140 e. The normalized spacial score (nSPS) is 30.1. The number of ether oxygens (including phenoxy) is 1. The van der Waals surface area contributed by atoms with E-state index in [-0.39, 0.29) is 5.92 Å². The van der Waals surface area contributed by atoms with Crippen molar-refractivity contribution in [2.24, 2.45) is 17.8 Å². The minimum atomic E-state index is 0.135. The SMILES string of the molecule is O=C1C[C@@H]2C=C[C@H]1C2COCc1ccccc1. The zero-order chi connectivity index (χ0) is 11.7. The van der Waals surface area contributed by atoms with E-state index in [4.69, 9.17) is 4.74 Å². The van der Waals surface area contributed by atoms with Crippen molar-refractivity contribution in [2.75, 3.05) is 6.61 Å². The lowest BCUT2D eigenvalue weighted by molar-refractivity contribution is -0.120. The molecule has 0 heterocycles. The molecule has 0 spiro atoms. The standard InChI is InChI=1S/C15H16O2/c16-15-8-12-6-7-13(15)14(12)10-17-9-11-4-2-1-3-5-11/h1-7,12-14H,8-10H2/t12-,13-,14?/m0/s1. The Morgan fingerprint density at radius 3 is 2.65 bits per heavy atom. The average molecular weight is 228 g/mol. The van der Waals surface area contributed by atoms with Crippen molar-refractivity contribution >= 4 is 5.78 Å². The van der Waals surface area contributed by atoms with Crippen molar-refractivity contribution in [3.63, 3.8) is 0 Å². The Kier molecular flexibility index (Phi) is 2.81. The van der Waals surface area contributed by atoms with Gasteiger partial charge in [-0.1, -0.05) is 42.5 Å². The Balaban J connectivity index is 1.52. The number of hydrogen-bond acceptors (Lipinski definition) is 2. The second kappa shape index (κ2) is 4.46. The predicted molar refractivity (Wildman–Crippen MR) is 65.3 cm³/mol. The van der Waals surface area contributed by atoms with Gasteiger partial charge in [0.05, 0.1) is 13.2 Å². The summed E-state index contributed by atoms with van der Waals surface area (Å²) >= 11 is 0. The monoisotopic (exact) mass is 228 g/mol. The molecule has 0 radical (unpaired) electrons. The summed E-state index contributed by atoms with van der Waals surface area (Å²) in [6.45, 7) is 1.34. The van der Waals surface area contributed by atoms with Crippen LogP contribution in [0.3, 0.4) is 0 Å². The summed E-state index contributed by atoms with van der Waals surface area (Å²) < 4.78 is 5.74. The molecule has 1 aromatic carbocycles. The largest absolute Gasteiger partial charge is 0.376 e. The number of ketones is 1. The van der Waals surface area contributed by atoms with Gasteiger partial charge >= 0.3 is 0 Å². The van der Waals surface area contributed by atoms with Gasteiger partial charge in [-0.05, 0) is 11.5 Å². The van der Waals surface area contributed by atoms with E-state index >= 15 is 0 Å². The first-order valence-corrected chi connectivity index (χ1v) is 6.17. The van der Waals surface area contributed by atoms with E-state index < -0.39 is 0 Å². The van der Waals surface area contributed by atoms with Gasteiger partial charge < -0.3 is 4.74 Å². The highest BCUT2D eigenvalue weighted by atomic mass is 16.5. The van der Waals surface area contributed by atoms with Crippen LogP contribution in [0.1, 0.15) is 12.0 Å². The minimum Gasteiger partial charge on any atom is -0.376 e. The molecule has 0 N–H and O–H groups in total. The number of carbonyl (C=O) groups excluding carboxylic acids is 1. The molecule has 2 nitrogen and oxygen atoms in total. The topological polar surface area (TPSA) is 26.3 Å². The maximum atomic E-state index is 11.6. The summed E-state index contributed by atoms with van der Waals surface area (Å²) in [5.74, 6) is 1.36. The van der Waals surface area contributed by atoms with E-state index in [9.17, 15) is 4.79 Å². The fraction of sp³-hybridized carbons (Fsp3) is 0.400. The highest BCUT2D eigenvalue weighted by Crippen LogP contribution is 2.42. The molecule has 0 amide bonds. The Hall–Kier alpha value is -1.41. The number of allylic oxidation sites excluding steroid dienone is 2. The van der Waals surface area contributed by atoms with E-state index in [1.54, 1.807) is 0 Å². The Bertz CT molecular complexity index is 435. The first-order valence-electron chi connectivity index (χ1n) is 6.17. The molecule has 0 saturated heterocycles. The van der Waals surface area contributed by atoms with Crippen LogP contribution in [0.5, 0.6) is 0 Å². The van der Waals surface area contributed by atoms with E-state index in [0.29, 0.717) is 30.8 Å². The van der Waals surface area contributed by atoms with Crippen molar-refractivity contribution in [3.05, 3.63) is 48.0 Å².